The summed E-state index contributed by atoms with van der Waals surface area (Å²) in [5.41, 5.74) is 2.18. The van der Waals surface area contributed by atoms with Gasteiger partial charge in [-0.25, -0.2) is 0 Å². The number of benzene rings is 2. The van der Waals surface area contributed by atoms with Crippen LogP contribution >= 0.6 is 11.6 Å². The summed E-state index contributed by atoms with van der Waals surface area (Å²) in [5, 5.41) is 20.5. The summed E-state index contributed by atoms with van der Waals surface area (Å²) in [7, 11) is 0. The van der Waals surface area contributed by atoms with Gasteiger partial charge in [0.25, 0.3) is 0 Å². The molecule has 3 nitrogen and oxygen atoms in total. The molecule has 0 saturated carbocycles. The second kappa shape index (κ2) is 5.21. The highest BCUT2D eigenvalue weighted by Crippen LogP contribution is 2.23. The van der Waals surface area contributed by atoms with Crippen LogP contribution in [0.15, 0.2) is 48.5 Å². The van der Waals surface area contributed by atoms with Gasteiger partial charge in [-0.2, -0.15) is 0 Å². The van der Waals surface area contributed by atoms with E-state index in [0.29, 0.717) is 10.6 Å². The maximum absolute atomic E-state index is 10.5. The van der Waals surface area contributed by atoms with E-state index < -0.39 is 12.1 Å². The average molecular weight is 262 g/mol. The Kier molecular flexibility index (Phi) is 3.65. The molecule has 0 heterocycles. The third kappa shape index (κ3) is 2.70. The zero-order chi connectivity index (χ0) is 13.1. The van der Waals surface area contributed by atoms with Crippen molar-refractivity contribution >= 4 is 17.6 Å². The summed E-state index contributed by atoms with van der Waals surface area (Å²) in [4.78, 5) is 10.5. The highest BCUT2D eigenvalue weighted by molar-refractivity contribution is 6.30. The summed E-state index contributed by atoms with van der Waals surface area (Å²) >= 11 is 5.80. The molecule has 0 aliphatic rings. The number of aliphatic hydroxyl groups excluding tert-OH is 1. The molecule has 92 valence electrons. The summed E-state index contributed by atoms with van der Waals surface area (Å²) in [6.45, 7) is 0. The molecule has 0 aromatic heterocycles. The third-order valence-electron chi connectivity index (χ3n) is 2.63. The van der Waals surface area contributed by atoms with Gasteiger partial charge in [-0.05, 0) is 28.8 Å². The molecule has 0 aliphatic heterocycles. The first-order chi connectivity index (χ1) is 8.58. The lowest BCUT2D eigenvalue weighted by Crippen LogP contribution is -2.29. The van der Waals surface area contributed by atoms with Gasteiger partial charge < -0.3 is 15.0 Å². The van der Waals surface area contributed by atoms with Gasteiger partial charge in [0, 0.05) is 5.02 Å². The Morgan fingerprint density at radius 1 is 1.00 bits per heavy atom. The van der Waals surface area contributed by atoms with Crippen LogP contribution in [0.3, 0.4) is 0 Å². The zero-order valence-corrected chi connectivity index (χ0v) is 10.1. The number of carbonyl (C=O) groups is 1. The fraction of sp³-hybridized carbons (Fsp3) is 0.0714. The molecule has 4 heteroatoms. The Morgan fingerprint density at radius 2 is 1.44 bits per heavy atom. The van der Waals surface area contributed by atoms with E-state index in [1.54, 1.807) is 36.4 Å². The topological polar surface area (TPSA) is 60.4 Å². The standard InChI is InChI=1S/C14H11ClO3/c15-12-7-5-10(6-8-12)9-1-3-11(4-2-9)13(16)14(17)18/h1-8,13,16H,(H,17,18)/p-1. The van der Waals surface area contributed by atoms with E-state index in [0.717, 1.165) is 11.1 Å². The molecule has 2 rings (SSSR count). The average Bonchev–Trinajstić information content (AvgIpc) is 2.39. The van der Waals surface area contributed by atoms with Crippen molar-refractivity contribution in [3.63, 3.8) is 0 Å². The Labute approximate surface area is 109 Å². The highest BCUT2D eigenvalue weighted by atomic mass is 35.5. The van der Waals surface area contributed by atoms with Gasteiger partial charge in [0.2, 0.25) is 0 Å². The predicted octanol–water partition coefficient (Wildman–Crippen LogP) is 1.79. The van der Waals surface area contributed by atoms with Crippen LogP contribution in [-0.4, -0.2) is 11.1 Å². The molecule has 2 aromatic carbocycles. The van der Waals surface area contributed by atoms with Crippen LogP contribution in [0.2, 0.25) is 5.02 Å². The Morgan fingerprint density at radius 3 is 1.89 bits per heavy atom. The smallest absolute Gasteiger partial charge is 0.118 e. The maximum atomic E-state index is 10.5. The van der Waals surface area contributed by atoms with Crippen LogP contribution in [0.5, 0.6) is 0 Å². The molecule has 0 radical (unpaired) electrons. The van der Waals surface area contributed by atoms with Crippen LogP contribution in [0.1, 0.15) is 11.7 Å². The van der Waals surface area contributed by atoms with Crippen molar-refractivity contribution in [2.45, 2.75) is 6.10 Å². The van der Waals surface area contributed by atoms with Gasteiger partial charge in [-0.1, -0.05) is 48.0 Å². The highest BCUT2D eigenvalue weighted by Gasteiger charge is 2.08. The van der Waals surface area contributed by atoms with Gasteiger partial charge in [0.15, 0.2) is 0 Å². The van der Waals surface area contributed by atoms with Crippen LogP contribution in [0, 0.1) is 0 Å². The van der Waals surface area contributed by atoms with Crippen molar-refractivity contribution in [3.8, 4) is 11.1 Å². The van der Waals surface area contributed by atoms with Crippen molar-refractivity contribution in [1.29, 1.82) is 0 Å². The second-order valence-corrected chi connectivity index (χ2v) is 4.29. The number of carbonyl (C=O) groups excluding carboxylic acids is 1. The molecule has 2 aromatic rings. The van der Waals surface area contributed by atoms with E-state index in [4.69, 9.17) is 11.6 Å². The fourth-order valence-electron chi connectivity index (χ4n) is 1.64. The SMILES string of the molecule is O=C([O-])C(O)c1ccc(-c2ccc(Cl)cc2)cc1. The summed E-state index contributed by atoms with van der Waals surface area (Å²) in [6, 6.07) is 13.9. The van der Waals surface area contributed by atoms with Crippen LogP contribution in [0.25, 0.3) is 11.1 Å². The maximum Gasteiger partial charge on any atom is 0.118 e. The number of halogens is 1. The summed E-state index contributed by atoms with van der Waals surface area (Å²) in [5.74, 6) is -1.51. The minimum atomic E-state index is -1.59. The lowest BCUT2D eigenvalue weighted by atomic mass is 10.0. The summed E-state index contributed by atoms with van der Waals surface area (Å²) in [6.07, 6.45) is -1.59. The fourth-order valence-corrected chi connectivity index (χ4v) is 1.76. The predicted molar refractivity (Wildman–Crippen MR) is 66.9 cm³/mol. The van der Waals surface area contributed by atoms with E-state index in [2.05, 4.69) is 0 Å². The van der Waals surface area contributed by atoms with Gasteiger partial charge in [-0.15, -0.1) is 0 Å². The number of hydrogen-bond donors (Lipinski definition) is 1. The Balaban J connectivity index is 2.27. The van der Waals surface area contributed by atoms with Gasteiger partial charge in [-0.3, -0.25) is 0 Å². The first-order valence-electron chi connectivity index (χ1n) is 5.33. The van der Waals surface area contributed by atoms with E-state index in [1.165, 1.54) is 0 Å². The largest absolute Gasteiger partial charge is 0.547 e. The van der Waals surface area contributed by atoms with Crippen molar-refractivity contribution in [1.82, 2.24) is 0 Å². The van der Waals surface area contributed by atoms with Gasteiger partial charge in [0.05, 0.1) is 5.97 Å². The van der Waals surface area contributed by atoms with Crippen molar-refractivity contribution in [3.05, 3.63) is 59.1 Å². The van der Waals surface area contributed by atoms with Gasteiger partial charge in [0.1, 0.15) is 6.10 Å². The lowest BCUT2D eigenvalue weighted by Gasteiger charge is -2.12. The summed E-state index contributed by atoms with van der Waals surface area (Å²) < 4.78 is 0. The number of rotatable bonds is 3. The molecule has 0 amide bonds. The Hall–Kier alpha value is -1.84. The zero-order valence-electron chi connectivity index (χ0n) is 9.34. The van der Waals surface area contributed by atoms with Crippen LogP contribution < -0.4 is 5.11 Å². The van der Waals surface area contributed by atoms with E-state index in [-0.39, 0.29) is 0 Å². The first kappa shape index (κ1) is 12.6. The van der Waals surface area contributed by atoms with Gasteiger partial charge >= 0.3 is 0 Å². The molecule has 0 fully saturated rings. The number of carboxylic acids is 1. The number of aliphatic hydroxyl groups is 1. The lowest BCUT2D eigenvalue weighted by molar-refractivity contribution is -0.315. The van der Waals surface area contributed by atoms with E-state index in [9.17, 15) is 15.0 Å². The van der Waals surface area contributed by atoms with E-state index >= 15 is 0 Å². The molecule has 0 bridgehead atoms. The minimum Gasteiger partial charge on any atom is -0.547 e. The third-order valence-corrected chi connectivity index (χ3v) is 2.88. The molecule has 1 atom stereocenters. The number of carboxylic acid groups (broad SMARTS) is 1. The molecule has 0 spiro atoms. The Bertz CT molecular complexity index is 546. The first-order valence-corrected chi connectivity index (χ1v) is 5.70. The van der Waals surface area contributed by atoms with E-state index in [1.807, 2.05) is 12.1 Å². The van der Waals surface area contributed by atoms with Crippen molar-refractivity contribution in [2.75, 3.05) is 0 Å². The molecule has 0 aliphatic carbocycles. The van der Waals surface area contributed by atoms with Crippen LogP contribution in [-0.2, 0) is 4.79 Å². The normalized spacial score (nSPS) is 12.1. The molecule has 18 heavy (non-hydrogen) atoms. The molecule has 1 N–H and O–H groups in total. The number of aliphatic carboxylic acids is 1. The quantitative estimate of drug-likeness (QED) is 0.916. The monoisotopic (exact) mass is 261 g/mol. The number of hydrogen-bond acceptors (Lipinski definition) is 3. The molecular weight excluding hydrogens is 252 g/mol. The molecule has 0 saturated heterocycles. The molecular formula is C14H10ClO3-. The molecule has 1 unspecified atom stereocenters. The van der Waals surface area contributed by atoms with Crippen molar-refractivity contribution in [2.24, 2.45) is 0 Å². The second-order valence-electron chi connectivity index (χ2n) is 3.85. The minimum absolute atomic E-state index is 0.299. The van der Waals surface area contributed by atoms with Crippen molar-refractivity contribution < 1.29 is 15.0 Å². The van der Waals surface area contributed by atoms with Crippen LogP contribution in [0.4, 0.5) is 0 Å².